The van der Waals surface area contributed by atoms with Crippen molar-refractivity contribution in [3.05, 3.63) is 49.0 Å². The first-order chi connectivity index (χ1) is 8.47. The van der Waals surface area contributed by atoms with Crippen molar-refractivity contribution in [1.29, 1.82) is 0 Å². The molecule has 0 saturated carbocycles. The predicted octanol–water partition coefficient (Wildman–Crippen LogP) is 5.63. The maximum absolute atomic E-state index is 13.4. The monoisotopic (exact) mass is 439 g/mol. The topological polar surface area (TPSA) is 25.2 Å². The molecule has 0 unspecified atom stereocenters. The van der Waals surface area contributed by atoms with E-state index in [1.54, 1.807) is 6.07 Å². The number of nitrogens with one attached hydrogen (secondary N) is 1. The van der Waals surface area contributed by atoms with Crippen LogP contribution in [0.15, 0.2) is 36.2 Å². The van der Waals surface area contributed by atoms with Crippen molar-refractivity contribution in [2.24, 2.45) is 0 Å². The Morgan fingerprint density at radius 1 is 1.17 bits per heavy atom. The Labute approximate surface area is 129 Å². The number of aryl methyl sites for hydroxylation is 1. The largest absolute Gasteiger partial charge is 0.451 e. The lowest BCUT2D eigenvalue weighted by Crippen LogP contribution is -2.00. The maximum Gasteiger partial charge on any atom is 0.183 e. The highest BCUT2D eigenvalue weighted by Gasteiger charge is 2.08. The molecule has 0 aliphatic rings. The molecule has 0 atom stereocenters. The van der Waals surface area contributed by atoms with E-state index in [0.717, 1.165) is 21.5 Å². The van der Waals surface area contributed by atoms with Crippen LogP contribution in [0, 0.1) is 12.7 Å². The number of anilines is 1. The standard InChI is InChI=1S/C12H9Br3FNO/c1-6-2-8(13)10(16)4-11(6)17-5-7-3-9(14)12(15)18-7/h2-4,17H,5H2,1H3. The summed E-state index contributed by atoms with van der Waals surface area (Å²) in [4.78, 5) is 0. The fraction of sp³-hybridized carbons (Fsp3) is 0.167. The van der Waals surface area contributed by atoms with Crippen LogP contribution >= 0.6 is 47.8 Å². The second kappa shape index (κ2) is 5.75. The third kappa shape index (κ3) is 3.16. The minimum atomic E-state index is -0.287. The summed E-state index contributed by atoms with van der Waals surface area (Å²) in [6, 6.07) is 5.07. The Morgan fingerprint density at radius 2 is 1.89 bits per heavy atom. The van der Waals surface area contributed by atoms with Crippen LogP contribution in [0.5, 0.6) is 0 Å². The molecule has 0 radical (unpaired) electrons. The summed E-state index contributed by atoms with van der Waals surface area (Å²) in [5.74, 6) is 0.474. The van der Waals surface area contributed by atoms with E-state index in [1.807, 2.05) is 13.0 Å². The van der Waals surface area contributed by atoms with E-state index in [2.05, 4.69) is 53.1 Å². The molecule has 2 aromatic rings. The first kappa shape index (κ1) is 14.1. The lowest BCUT2D eigenvalue weighted by atomic mass is 10.2. The summed E-state index contributed by atoms with van der Waals surface area (Å²) in [5.41, 5.74) is 1.72. The summed E-state index contributed by atoms with van der Waals surface area (Å²) in [7, 11) is 0. The van der Waals surface area contributed by atoms with Crippen LogP contribution in [0.2, 0.25) is 0 Å². The van der Waals surface area contributed by atoms with Crippen LogP contribution in [0.3, 0.4) is 0 Å². The van der Waals surface area contributed by atoms with Crippen LogP contribution in [-0.4, -0.2) is 0 Å². The molecule has 18 heavy (non-hydrogen) atoms. The quantitative estimate of drug-likeness (QED) is 0.668. The van der Waals surface area contributed by atoms with Gasteiger partial charge in [0.25, 0.3) is 0 Å². The summed E-state index contributed by atoms with van der Waals surface area (Å²) in [5, 5.41) is 3.14. The number of hydrogen-bond acceptors (Lipinski definition) is 2. The molecule has 0 saturated heterocycles. The lowest BCUT2D eigenvalue weighted by molar-refractivity contribution is 0.494. The minimum absolute atomic E-state index is 0.287. The van der Waals surface area contributed by atoms with Gasteiger partial charge >= 0.3 is 0 Å². The van der Waals surface area contributed by atoms with Crippen molar-refractivity contribution < 1.29 is 8.81 Å². The minimum Gasteiger partial charge on any atom is -0.451 e. The summed E-state index contributed by atoms with van der Waals surface area (Å²) >= 11 is 9.77. The van der Waals surface area contributed by atoms with Gasteiger partial charge in [-0.05, 0) is 78.5 Å². The molecule has 96 valence electrons. The van der Waals surface area contributed by atoms with Gasteiger partial charge in [-0.2, -0.15) is 0 Å². The zero-order valence-electron chi connectivity index (χ0n) is 9.36. The van der Waals surface area contributed by atoms with E-state index in [1.165, 1.54) is 6.07 Å². The molecule has 1 heterocycles. The molecule has 0 fully saturated rings. The number of rotatable bonds is 3. The number of benzene rings is 1. The number of halogens is 4. The summed E-state index contributed by atoms with van der Waals surface area (Å²) in [6.07, 6.45) is 0. The van der Waals surface area contributed by atoms with Crippen LogP contribution in [-0.2, 0) is 6.54 Å². The smallest absolute Gasteiger partial charge is 0.183 e. The SMILES string of the molecule is Cc1cc(Br)c(F)cc1NCc1cc(Br)c(Br)o1. The third-order valence-electron chi connectivity index (χ3n) is 2.42. The molecule has 6 heteroatoms. The van der Waals surface area contributed by atoms with Crippen molar-refractivity contribution in [2.75, 3.05) is 5.32 Å². The fourth-order valence-electron chi connectivity index (χ4n) is 1.50. The van der Waals surface area contributed by atoms with Crippen LogP contribution < -0.4 is 5.32 Å². The van der Waals surface area contributed by atoms with E-state index in [0.29, 0.717) is 15.7 Å². The number of furan rings is 1. The molecule has 1 aromatic heterocycles. The van der Waals surface area contributed by atoms with E-state index >= 15 is 0 Å². The van der Waals surface area contributed by atoms with E-state index in [-0.39, 0.29) is 5.82 Å². The second-order valence-electron chi connectivity index (χ2n) is 3.77. The Bertz CT molecular complexity index is 563. The molecule has 1 aromatic carbocycles. The predicted molar refractivity (Wildman–Crippen MR) is 80.3 cm³/mol. The fourth-order valence-corrected chi connectivity index (χ4v) is 2.61. The van der Waals surface area contributed by atoms with Gasteiger partial charge in [-0.25, -0.2) is 4.39 Å². The highest BCUT2D eigenvalue weighted by Crippen LogP contribution is 2.28. The first-order valence-electron chi connectivity index (χ1n) is 5.10. The Hall–Kier alpha value is -0.330. The van der Waals surface area contributed by atoms with Crippen molar-refractivity contribution >= 4 is 53.5 Å². The van der Waals surface area contributed by atoms with Crippen molar-refractivity contribution in [3.63, 3.8) is 0 Å². The summed E-state index contributed by atoms with van der Waals surface area (Å²) in [6.45, 7) is 2.41. The van der Waals surface area contributed by atoms with Crippen LogP contribution in [0.25, 0.3) is 0 Å². The van der Waals surface area contributed by atoms with Crippen molar-refractivity contribution in [1.82, 2.24) is 0 Å². The van der Waals surface area contributed by atoms with Crippen LogP contribution in [0.1, 0.15) is 11.3 Å². The maximum atomic E-state index is 13.4. The van der Waals surface area contributed by atoms with Gasteiger partial charge in [0, 0.05) is 5.69 Å². The van der Waals surface area contributed by atoms with Gasteiger partial charge in [-0.15, -0.1) is 0 Å². The molecule has 0 aliphatic carbocycles. The van der Waals surface area contributed by atoms with Crippen molar-refractivity contribution in [2.45, 2.75) is 13.5 Å². The average Bonchev–Trinajstić information content (AvgIpc) is 2.62. The Kier molecular flexibility index (Phi) is 4.50. The van der Waals surface area contributed by atoms with Gasteiger partial charge in [0.15, 0.2) is 4.67 Å². The molecule has 2 nitrogen and oxygen atoms in total. The molecule has 2 rings (SSSR count). The Morgan fingerprint density at radius 3 is 2.50 bits per heavy atom. The van der Waals surface area contributed by atoms with Gasteiger partial charge in [0.1, 0.15) is 11.6 Å². The molecular formula is C12H9Br3FNO. The lowest BCUT2D eigenvalue weighted by Gasteiger charge is -2.09. The van der Waals surface area contributed by atoms with Gasteiger partial charge in [0.05, 0.1) is 15.5 Å². The molecule has 0 bridgehead atoms. The van der Waals surface area contributed by atoms with E-state index in [4.69, 9.17) is 4.42 Å². The van der Waals surface area contributed by atoms with Gasteiger partial charge in [-0.3, -0.25) is 0 Å². The summed E-state index contributed by atoms with van der Waals surface area (Å²) < 4.78 is 20.8. The van der Waals surface area contributed by atoms with Gasteiger partial charge < -0.3 is 9.73 Å². The van der Waals surface area contributed by atoms with Crippen LogP contribution in [0.4, 0.5) is 10.1 Å². The number of hydrogen-bond donors (Lipinski definition) is 1. The third-order valence-corrected chi connectivity index (χ3v) is 4.73. The zero-order chi connectivity index (χ0) is 13.3. The average molecular weight is 442 g/mol. The zero-order valence-corrected chi connectivity index (χ0v) is 14.1. The Balaban J connectivity index is 2.13. The molecule has 0 aliphatic heterocycles. The highest BCUT2D eigenvalue weighted by atomic mass is 79.9. The van der Waals surface area contributed by atoms with Gasteiger partial charge in [-0.1, -0.05) is 0 Å². The highest BCUT2D eigenvalue weighted by molar-refractivity contribution is 9.13. The van der Waals surface area contributed by atoms with Gasteiger partial charge in [0.2, 0.25) is 0 Å². The first-order valence-corrected chi connectivity index (χ1v) is 7.48. The van der Waals surface area contributed by atoms with Crippen molar-refractivity contribution in [3.8, 4) is 0 Å². The normalized spacial score (nSPS) is 10.7. The second-order valence-corrected chi connectivity index (χ2v) is 6.20. The van der Waals surface area contributed by atoms with E-state index < -0.39 is 0 Å². The molecule has 0 amide bonds. The molecular weight excluding hydrogens is 433 g/mol. The molecule has 0 spiro atoms. The molecule has 1 N–H and O–H groups in total. The van der Waals surface area contributed by atoms with E-state index in [9.17, 15) is 4.39 Å².